The maximum absolute atomic E-state index is 14.5. The zero-order valence-corrected chi connectivity index (χ0v) is 39.0. The van der Waals surface area contributed by atoms with Crippen molar-refractivity contribution in [2.24, 2.45) is 28.8 Å². The monoisotopic (exact) mass is 912 g/mol. The van der Waals surface area contributed by atoms with E-state index in [1.165, 1.54) is 85.1 Å². The number of aliphatic hydroxyl groups excluding tert-OH is 2. The number of rotatable bonds is 5. The number of halogens is 1. The number of anilines is 1. The minimum absolute atomic E-state index is 0. The van der Waals surface area contributed by atoms with Crippen LogP contribution in [0.25, 0.3) is 10.8 Å². The number of aliphatic hydroxyl groups is 2. The third-order valence-corrected chi connectivity index (χ3v) is 13.5. The summed E-state index contributed by atoms with van der Waals surface area (Å²) in [5, 5.41) is 67.6. The summed E-state index contributed by atoms with van der Waals surface area (Å²) in [4.78, 5) is 43.2. The smallest absolute Gasteiger partial charge is 0.312 e. The number of carbonyl (C=O) groups is 3. The van der Waals surface area contributed by atoms with Gasteiger partial charge in [-0.1, -0.05) is 58.8 Å². The van der Waals surface area contributed by atoms with Gasteiger partial charge in [0.2, 0.25) is 0 Å². The summed E-state index contributed by atoms with van der Waals surface area (Å²) in [6, 6.07) is 0.553. The zero-order valence-electron chi connectivity index (χ0n) is 38.2. The molecule has 0 radical (unpaired) electrons. The molecule has 0 aromatic heterocycles. The molecule has 0 spiro atoms. The van der Waals surface area contributed by atoms with Crippen molar-refractivity contribution < 1.29 is 58.9 Å². The predicted molar refractivity (Wildman–Crippen MR) is 244 cm³/mol. The molecular formula is C47H65ClN4O12. The second kappa shape index (κ2) is 20.5. The van der Waals surface area contributed by atoms with E-state index in [0.29, 0.717) is 19.1 Å². The SMILES string of the molecule is CO[C@H]1/C=C\O[C@@]2(C)Oc3c(C)c(O)c4c(O)c(c(/C=N/N5CCN(C6CCCC6)CC5)c(O)c4c3C2=O)NC(=O)/C(C)=C\C=C/[C@H](C)[C@H](O)[C@@H](C)[C@@H](O)[C@@H](C)[C@H](OC(C)=O)[C@H]1C.Cl. The molecule has 1 amide bonds. The van der Waals surface area contributed by atoms with Crippen LogP contribution in [0.2, 0.25) is 0 Å². The minimum atomic E-state index is -2.04. The topological polar surface area (TPSA) is 220 Å². The number of aromatic hydroxyl groups is 3. The van der Waals surface area contributed by atoms with E-state index in [0.717, 1.165) is 13.1 Å². The molecule has 2 aromatic rings. The molecule has 2 fully saturated rings. The van der Waals surface area contributed by atoms with E-state index in [-0.39, 0.29) is 56.9 Å². The molecule has 9 atom stereocenters. The molecule has 1 saturated carbocycles. The Hall–Kier alpha value is -4.87. The maximum Gasteiger partial charge on any atom is 0.312 e. The van der Waals surface area contributed by atoms with Crippen molar-refractivity contribution >= 4 is 52.7 Å². The number of piperazine rings is 1. The highest BCUT2D eigenvalue weighted by Crippen LogP contribution is 2.55. The number of methoxy groups -OCH3 is 1. The lowest BCUT2D eigenvalue weighted by atomic mass is 9.78. The molecule has 5 aliphatic rings. The number of allylic oxidation sites excluding steroid dienone is 2. The van der Waals surface area contributed by atoms with E-state index in [9.17, 15) is 39.9 Å². The highest BCUT2D eigenvalue weighted by Gasteiger charge is 2.50. The molecule has 352 valence electrons. The Morgan fingerprint density at radius 2 is 1.58 bits per heavy atom. The first kappa shape index (κ1) is 50.1. The Morgan fingerprint density at radius 3 is 2.20 bits per heavy atom. The van der Waals surface area contributed by atoms with Crippen molar-refractivity contribution in [2.45, 2.75) is 117 Å². The Bertz CT molecular complexity index is 2200. The highest BCUT2D eigenvalue weighted by molar-refractivity contribution is 6.23. The summed E-state index contributed by atoms with van der Waals surface area (Å²) in [6.07, 6.45) is 9.75. The van der Waals surface area contributed by atoms with E-state index < -0.39 is 88.8 Å². The van der Waals surface area contributed by atoms with E-state index in [2.05, 4.69) is 15.3 Å². The largest absolute Gasteiger partial charge is 0.507 e. The Kier molecular flexibility index (Phi) is 16.1. The average molecular weight is 914 g/mol. The first-order valence-electron chi connectivity index (χ1n) is 21.9. The molecule has 7 rings (SSSR count). The van der Waals surface area contributed by atoms with Gasteiger partial charge in [-0.3, -0.25) is 24.3 Å². The van der Waals surface area contributed by atoms with E-state index in [1.807, 2.05) is 5.01 Å². The van der Waals surface area contributed by atoms with Crippen LogP contribution in [0.15, 0.2) is 41.2 Å². The molecule has 17 heteroatoms. The molecule has 4 aliphatic heterocycles. The molecule has 64 heavy (non-hydrogen) atoms. The van der Waals surface area contributed by atoms with Crippen LogP contribution in [-0.4, -0.2) is 129 Å². The number of ketones is 1. The second-order valence-corrected chi connectivity index (χ2v) is 17.8. The number of ether oxygens (including phenoxy) is 4. The molecule has 1 aliphatic carbocycles. The predicted octanol–water partition coefficient (Wildman–Crippen LogP) is 6.07. The Labute approximate surface area is 381 Å². The van der Waals surface area contributed by atoms with Gasteiger partial charge in [-0.15, -0.1) is 12.4 Å². The van der Waals surface area contributed by atoms with Gasteiger partial charge in [-0.25, -0.2) is 0 Å². The van der Waals surface area contributed by atoms with Crippen molar-refractivity contribution in [1.29, 1.82) is 0 Å². The van der Waals surface area contributed by atoms with Crippen molar-refractivity contribution in [3.05, 3.63) is 52.8 Å². The number of phenolic OH excluding ortho intramolecular Hbond substituents is 3. The van der Waals surface area contributed by atoms with Gasteiger partial charge in [0.25, 0.3) is 11.7 Å². The molecule has 2 aromatic carbocycles. The summed E-state index contributed by atoms with van der Waals surface area (Å²) in [7, 11) is 1.44. The van der Waals surface area contributed by atoms with Crippen LogP contribution in [-0.2, 0) is 23.8 Å². The van der Waals surface area contributed by atoms with Crippen LogP contribution in [0.1, 0.15) is 95.6 Å². The molecule has 0 unspecified atom stereocenters. The van der Waals surface area contributed by atoms with Crippen LogP contribution in [0.4, 0.5) is 5.69 Å². The average Bonchev–Trinajstić information content (AvgIpc) is 3.89. The number of nitrogens with zero attached hydrogens (tertiary/aromatic N) is 3. The molecule has 4 heterocycles. The number of hydrogen-bond donors (Lipinski definition) is 6. The number of phenols is 3. The fourth-order valence-corrected chi connectivity index (χ4v) is 9.47. The van der Waals surface area contributed by atoms with E-state index in [1.54, 1.807) is 39.8 Å². The third-order valence-electron chi connectivity index (χ3n) is 13.5. The van der Waals surface area contributed by atoms with Gasteiger partial charge < -0.3 is 49.8 Å². The van der Waals surface area contributed by atoms with Crippen molar-refractivity contribution in [1.82, 2.24) is 9.91 Å². The third kappa shape index (κ3) is 9.86. The van der Waals surface area contributed by atoms with Crippen LogP contribution in [0.5, 0.6) is 23.0 Å². The number of hydrogen-bond acceptors (Lipinski definition) is 15. The van der Waals surface area contributed by atoms with Gasteiger partial charge in [0.15, 0.2) is 5.75 Å². The number of Topliss-reactive ketones (excluding diaryl/α,β-unsaturated/α-hetero) is 1. The van der Waals surface area contributed by atoms with Gasteiger partial charge in [0, 0.05) is 93.4 Å². The van der Waals surface area contributed by atoms with Gasteiger partial charge in [-0.2, -0.15) is 5.10 Å². The summed E-state index contributed by atoms with van der Waals surface area (Å²) in [5.41, 5.74) is -0.293. The van der Waals surface area contributed by atoms with E-state index in [4.69, 9.17) is 18.9 Å². The normalized spacial score (nSPS) is 31.9. The molecule has 6 N–H and O–H groups in total. The fourth-order valence-electron chi connectivity index (χ4n) is 9.47. The summed E-state index contributed by atoms with van der Waals surface area (Å²) in [6.45, 7) is 15.4. The zero-order chi connectivity index (χ0) is 46.1. The molecule has 5 bridgehead atoms. The quantitative estimate of drug-likeness (QED) is 0.0869. The number of carbonyl (C=O) groups excluding carboxylic acids is 3. The fraction of sp³-hybridized carbons (Fsp3) is 0.574. The number of fused-ring (bicyclic) bond motifs is 14. The molecular weight excluding hydrogens is 848 g/mol. The molecule has 1 saturated heterocycles. The Balaban J connectivity index is 0.00000771. The first-order valence-corrected chi connectivity index (χ1v) is 21.9. The number of hydrazone groups is 1. The van der Waals surface area contributed by atoms with Crippen molar-refractivity contribution in [3.63, 3.8) is 0 Å². The van der Waals surface area contributed by atoms with Gasteiger partial charge in [0.05, 0.1) is 53.0 Å². The number of nitrogens with one attached hydrogen (secondary N) is 1. The standard InChI is InChI=1S/C47H64N4O12.ClH/c1-24-13-12-14-25(2)46(59)49-37-32(23-48-51-20-18-50(19-21-51)31-15-10-11-16-31)41(56)34-35(42(37)57)40(55)29(6)44-36(34)45(58)47(8,63-44)61-22-17-33(60-9)26(3)43(62-30(7)52)28(5)39(54)27(4)38(24)53;/h12-14,17,22-24,26-28,31,33,38-39,43,53-57H,10-11,15-16,18-21H2,1-9H3,(H,49,59);1H/b13-12-,22-17-,25-14-,48-23+;/t24-,26-,27+,28+,33-,38-,39+,43+,47-;/m0./s1. The summed E-state index contributed by atoms with van der Waals surface area (Å²) < 4.78 is 23.7. The van der Waals surface area contributed by atoms with Gasteiger partial charge in [-0.05, 0) is 32.8 Å². The molecule has 16 nitrogen and oxygen atoms in total. The number of benzene rings is 2. The lowest BCUT2D eigenvalue weighted by molar-refractivity contribution is -0.160. The lowest BCUT2D eigenvalue weighted by Gasteiger charge is -2.38. The number of esters is 1. The van der Waals surface area contributed by atoms with Crippen LogP contribution >= 0.6 is 12.4 Å². The number of amides is 1. The van der Waals surface area contributed by atoms with Crippen LogP contribution < -0.4 is 10.1 Å². The minimum Gasteiger partial charge on any atom is -0.507 e. The van der Waals surface area contributed by atoms with Crippen molar-refractivity contribution in [3.8, 4) is 23.0 Å². The second-order valence-electron chi connectivity index (χ2n) is 17.8. The van der Waals surface area contributed by atoms with Gasteiger partial charge in [0.1, 0.15) is 23.4 Å². The van der Waals surface area contributed by atoms with E-state index >= 15 is 0 Å². The van der Waals surface area contributed by atoms with Gasteiger partial charge >= 0.3 is 11.8 Å². The Morgan fingerprint density at radius 1 is 0.922 bits per heavy atom. The first-order chi connectivity index (χ1) is 29.8. The lowest BCUT2D eigenvalue weighted by Crippen LogP contribution is -2.47. The van der Waals surface area contributed by atoms with Crippen molar-refractivity contribution in [2.75, 3.05) is 38.6 Å². The maximum atomic E-state index is 14.5. The summed E-state index contributed by atoms with van der Waals surface area (Å²) in [5.74, 6) is -8.28. The summed E-state index contributed by atoms with van der Waals surface area (Å²) >= 11 is 0. The van der Waals surface area contributed by atoms with Crippen LogP contribution in [0.3, 0.4) is 0 Å². The highest BCUT2D eigenvalue weighted by atomic mass is 35.5. The van der Waals surface area contributed by atoms with Crippen LogP contribution in [0, 0.1) is 30.6 Å².